The predicted molar refractivity (Wildman–Crippen MR) is 78.7 cm³/mol. The molecular formula is C14H19O7P. The molecule has 1 aromatic carbocycles. The number of hydrogen-bond acceptors (Lipinski definition) is 4. The Morgan fingerprint density at radius 1 is 1.23 bits per heavy atom. The van der Waals surface area contributed by atoms with Crippen LogP contribution in [0, 0.1) is 0 Å². The lowest BCUT2D eigenvalue weighted by Crippen LogP contribution is -2.24. The van der Waals surface area contributed by atoms with E-state index < -0.39 is 32.1 Å². The van der Waals surface area contributed by atoms with Crippen molar-refractivity contribution >= 4 is 19.5 Å². The largest absolute Gasteiger partial charge is 0.481 e. The van der Waals surface area contributed by atoms with E-state index in [9.17, 15) is 19.0 Å². The molecule has 0 radical (unpaired) electrons. The Morgan fingerprint density at radius 3 is 2.32 bits per heavy atom. The third kappa shape index (κ3) is 5.97. The zero-order valence-corrected chi connectivity index (χ0v) is 13.0. The Bertz CT molecular complexity index is 584. The highest BCUT2D eigenvalue weighted by Gasteiger charge is 2.30. The number of aryl methyl sites for hydroxylation is 1. The highest BCUT2D eigenvalue weighted by atomic mass is 31.2. The van der Waals surface area contributed by atoms with E-state index in [0.717, 1.165) is 5.56 Å². The van der Waals surface area contributed by atoms with Crippen molar-refractivity contribution in [3.63, 3.8) is 0 Å². The van der Waals surface area contributed by atoms with Crippen molar-refractivity contribution < 1.29 is 33.8 Å². The van der Waals surface area contributed by atoms with E-state index in [4.69, 9.17) is 14.7 Å². The van der Waals surface area contributed by atoms with Crippen LogP contribution in [-0.4, -0.2) is 33.1 Å². The summed E-state index contributed by atoms with van der Waals surface area (Å²) >= 11 is 0. The van der Waals surface area contributed by atoms with E-state index in [2.05, 4.69) is 0 Å². The summed E-state index contributed by atoms with van der Waals surface area (Å²) in [6.07, 6.45) is -2.10. The van der Waals surface area contributed by atoms with Gasteiger partial charge in [0, 0.05) is 6.42 Å². The minimum absolute atomic E-state index is 0.312. The number of carboxylic acid groups (broad SMARTS) is 2. The van der Waals surface area contributed by atoms with E-state index in [-0.39, 0.29) is 12.6 Å². The molecule has 122 valence electrons. The maximum atomic E-state index is 12.1. The number of benzene rings is 1. The highest BCUT2D eigenvalue weighted by Crippen LogP contribution is 2.48. The van der Waals surface area contributed by atoms with Crippen LogP contribution in [0.15, 0.2) is 24.3 Å². The molecule has 0 aromatic heterocycles. The van der Waals surface area contributed by atoms with Gasteiger partial charge in [-0.3, -0.25) is 13.9 Å². The minimum atomic E-state index is -4.20. The molecule has 0 bridgehead atoms. The summed E-state index contributed by atoms with van der Waals surface area (Å²) in [6, 6.07) is 7.01. The summed E-state index contributed by atoms with van der Waals surface area (Å²) in [5, 5.41) is 17.5. The normalized spacial score (nSPS) is 15.0. The van der Waals surface area contributed by atoms with Gasteiger partial charge < -0.3 is 15.1 Å². The van der Waals surface area contributed by atoms with Crippen molar-refractivity contribution in [3.05, 3.63) is 35.4 Å². The van der Waals surface area contributed by atoms with Gasteiger partial charge >= 0.3 is 19.5 Å². The van der Waals surface area contributed by atoms with Gasteiger partial charge in [0.25, 0.3) is 0 Å². The lowest BCUT2D eigenvalue weighted by atomic mass is 10.1. The summed E-state index contributed by atoms with van der Waals surface area (Å²) in [6.45, 7) is 1.90. The minimum Gasteiger partial charge on any atom is -0.481 e. The molecule has 1 rings (SSSR count). The van der Waals surface area contributed by atoms with Crippen LogP contribution < -0.4 is 0 Å². The van der Waals surface area contributed by atoms with Crippen LogP contribution in [0.25, 0.3) is 0 Å². The molecule has 3 N–H and O–H groups in total. The van der Waals surface area contributed by atoms with Gasteiger partial charge in [-0.1, -0.05) is 31.2 Å². The lowest BCUT2D eigenvalue weighted by Gasteiger charge is -2.18. The molecule has 2 atom stereocenters. The molecule has 0 amide bonds. The average molecular weight is 330 g/mol. The van der Waals surface area contributed by atoms with Crippen LogP contribution in [0.5, 0.6) is 0 Å². The molecule has 0 saturated carbocycles. The van der Waals surface area contributed by atoms with Crippen LogP contribution in [0.1, 0.15) is 30.9 Å². The van der Waals surface area contributed by atoms with Crippen molar-refractivity contribution in [2.45, 2.75) is 38.5 Å². The predicted octanol–water partition coefficient (Wildman–Crippen LogP) is 2.27. The fourth-order valence-electron chi connectivity index (χ4n) is 1.98. The van der Waals surface area contributed by atoms with Gasteiger partial charge in [0.05, 0.1) is 6.16 Å². The summed E-state index contributed by atoms with van der Waals surface area (Å²) in [5.74, 6) is -2.65. The van der Waals surface area contributed by atoms with Crippen molar-refractivity contribution in [2.24, 2.45) is 0 Å². The van der Waals surface area contributed by atoms with E-state index in [0.29, 0.717) is 12.0 Å². The molecule has 22 heavy (non-hydrogen) atoms. The van der Waals surface area contributed by atoms with Gasteiger partial charge in [-0.2, -0.15) is 0 Å². The van der Waals surface area contributed by atoms with E-state index >= 15 is 0 Å². The van der Waals surface area contributed by atoms with Crippen LogP contribution in [-0.2, 0) is 31.3 Å². The van der Waals surface area contributed by atoms with E-state index in [1.807, 2.05) is 13.0 Å². The Hall–Kier alpha value is -1.69. The van der Waals surface area contributed by atoms with E-state index in [1.165, 1.54) is 0 Å². The molecule has 0 aliphatic heterocycles. The first-order chi connectivity index (χ1) is 10.2. The third-order valence-electron chi connectivity index (χ3n) is 3.06. The second-order valence-corrected chi connectivity index (χ2v) is 6.58. The summed E-state index contributed by atoms with van der Waals surface area (Å²) < 4.78 is 16.9. The van der Waals surface area contributed by atoms with Gasteiger partial charge in [-0.25, -0.2) is 4.79 Å². The van der Waals surface area contributed by atoms with Crippen LogP contribution >= 0.6 is 7.60 Å². The molecule has 1 aromatic rings. The molecule has 8 heteroatoms. The molecule has 2 unspecified atom stereocenters. The number of aliphatic carboxylic acids is 2. The fourth-order valence-corrected chi connectivity index (χ4v) is 3.39. The van der Waals surface area contributed by atoms with Gasteiger partial charge in [0.2, 0.25) is 0 Å². The number of carbonyl (C=O) groups is 2. The SMILES string of the molecule is CCc1ccccc1CP(=O)(O)OC(CCC(=O)O)C(=O)O. The highest BCUT2D eigenvalue weighted by molar-refractivity contribution is 7.52. The number of carboxylic acids is 2. The van der Waals surface area contributed by atoms with E-state index in [1.54, 1.807) is 18.2 Å². The third-order valence-corrected chi connectivity index (χ3v) is 4.38. The van der Waals surface area contributed by atoms with Crippen LogP contribution in [0.4, 0.5) is 0 Å². The molecule has 0 spiro atoms. The molecule has 0 aliphatic carbocycles. The molecular weight excluding hydrogens is 311 g/mol. The van der Waals surface area contributed by atoms with Gasteiger partial charge in [-0.15, -0.1) is 0 Å². The van der Waals surface area contributed by atoms with Crippen LogP contribution in [0.3, 0.4) is 0 Å². The van der Waals surface area contributed by atoms with Gasteiger partial charge in [0.15, 0.2) is 6.10 Å². The zero-order chi connectivity index (χ0) is 16.8. The second-order valence-electron chi connectivity index (χ2n) is 4.78. The zero-order valence-electron chi connectivity index (χ0n) is 12.1. The lowest BCUT2D eigenvalue weighted by molar-refractivity contribution is -0.146. The van der Waals surface area contributed by atoms with Crippen molar-refractivity contribution in [2.75, 3.05) is 0 Å². The first-order valence-corrected chi connectivity index (χ1v) is 8.53. The second kappa shape index (κ2) is 8.08. The monoisotopic (exact) mass is 330 g/mol. The Balaban J connectivity index is 2.81. The standard InChI is InChI=1S/C14H19O7P/c1-2-10-5-3-4-6-11(10)9-22(19,20)21-12(14(17)18)7-8-13(15)16/h3-6,12H,2,7-9H2,1H3,(H,15,16)(H,17,18)(H,19,20). The molecule has 0 heterocycles. The van der Waals surface area contributed by atoms with Crippen molar-refractivity contribution in [3.8, 4) is 0 Å². The Labute approximate surface area is 128 Å². The summed E-state index contributed by atoms with van der Waals surface area (Å²) in [5.41, 5.74) is 1.48. The fraction of sp³-hybridized carbons (Fsp3) is 0.429. The first-order valence-electron chi connectivity index (χ1n) is 6.76. The van der Waals surface area contributed by atoms with Gasteiger partial charge in [0.1, 0.15) is 0 Å². The Kier molecular flexibility index (Phi) is 6.74. The molecule has 0 fully saturated rings. The molecule has 0 aliphatic rings. The number of hydrogen-bond donors (Lipinski definition) is 3. The van der Waals surface area contributed by atoms with Crippen molar-refractivity contribution in [1.82, 2.24) is 0 Å². The quantitative estimate of drug-likeness (QED) is 0.594. The van der Waals surface area contributed by atoms with Crippen molar-refractivity contribution in [1.29, 1.82) is 0 Å². The number of rotatable bonds is 9. The maximum Gasteiger partial charge on any atom is 0.333 e. The Morgan fingerprint density at radius 2 is 1.82 bits per heavy atom. The van der Waals surface area contributed by atoms with Gasteiger partial charge in [-0.05, 0) is 24.0 Å². The average Bonchev–Trinajstić information content (AvgIpc) is 2.43. The summed E-state index contributed by atoms with van der Waals surface area (Å²) in [7, 11) is -4.20. The first kappa shape index (κ1) is 18.4. The molecule has 0 saturated heterocycles. The molecule has 7 nitrogen and oxygen atoms in total. The summed E-state index contributed by atoms with van der Waals surface area (Å²) in [4.78, 5) is 31.4. The smallest absolute Gasteiger partial charge is 0.333 e. The van der Waals surface area contributed by atoms with Crippen LogP contribution in [0.2, 0.25) is 0 Å². The maximum absolute atomic E-state index is 12.1. The topological polar surface area (TPSA) is 121 Å².